The van der Waals surface area contributed by atoms with Gasteiger partial charge in [0.1, 0.15) is 5.75 Å². The fourth-order valence-electron chi connectivity index (χ4n) is 4.18. The molecule has 0 saturated carbocycles. The van der Waals surface area contributed by atoms with Crippen LogP contribution in [0.15, 0.2) is 65.3 Å². The van der Waals surface area contributed by atoms with Crippen molar-refractivity contribution < 1.29 is 42.1 Å². The lowest BCUT2D eigenvalue weighted by Gasteiger charge is -2.30. The topological polar surface area (TPSA) is 132 Å². The summed E-state index contributed by atoms with van der Waals surface area (Å²) in [5.74, 6) is -0.214. The van der Waals surface area contributed by atoms with E-state index in [1.807, 2.05) is 0 Å². The van der Waals surface area contributed by atoms with Crippen molar-refractivity contribution in [3.05, 3.63) is 71.5 Å². The van der Waals surface area contributed by atoms with Crippen molar-refractivity contribution in [3.8, 4) is 5.75 Å². The van der Waals surface area contributed by atoms with Crippen LogP contribution < -0.4 is 4.74 Å². The summed E-state index contributed by atoms with van der Waals surface area (Å²) >= 11 is 0. The summed E-state index contributed by atoms with van der Waals surface area (Å²) in [5, 5.41) is 9.49. The number of aliphatic hydroxyl groups is 1. The highest BCUT2D eigenvalue weighted by atomic mass is 32.2. The first kappa shape index (κ1) is 28.6. The van der Waals surface area contributed by atoms with Gasteiger partial charge in [0.15, 0.2) is 5.76 Å². The summed E-state index contributed by atoms with van der Waals surface area (Å²) < 4.78 is 49.1. The van der Waals surface area contributed by atoms with E-state index in [1.54, 1.807) is 47.4 Å². The minimum Gasteiger partial charge on any atom is -0.497 e. The zero-order valence-corrected chi connectivity index (χ0v) is 22.6. The number of methoxy groups -OCH3 is 2. The maximum atomic E-state index is 13.2. The molecule has 0 aromatic heterocycles. The van der Waals surface area contributed by atoms with Gasteiger partial charge in [-0.3, -0.25) is 4.79 Å². The van der Waals surface area contributed by atoms with Crippen molar-refractivity contribution in [1.82, 2.24) is 9.21 Å². The Morgan fingerprint density at radius 1 is 1.05 bits per heavy atom. The Morgan fingerprint density at radius 3 is 2.33 bits per heavy atom. The molecule has 1 N–H and O–H groups in total. The fourth-order valence-corrected chi connectivity index (χ4v) is 5.60. The number of ether oxygens (including phenoxy) is 4. The first-order valence-electron chi connectivity index (χ1n) is 12.5. The average molecular weight is 561 g/mol. The molecule has 0 radical (unpaired) electrons. The van der Waals surface area contributed by atoms with Gasteiger partial charge in [0.2, 0.25) is 16.3 Å². The van der Waals surface area contributed by atoms with Gasteiger partial charge < -0.3 is 29.0 Å². The minimum absolute atomic E-state index is 0.0285. The molecule has 0 unspecified atom stereocenters. The van der Waals surface area contributed by atoms with Gasteiger partial charge in [-0.25, -0.2) is 13.2 Å². The largest absolute Gasteiger partial charge is 0.497 e. The molecule has 2 heterocycles. The predicted octanol–water partition coefficient (Wildman–Crippen LogP) is 1.74. The molecule has 2 aliphatic rings. The molecular weight excluding hydrogens is 528 g/mol. The molecule has 4 rings (SSSR count). The fraction of sp³-hybridized carbons (Fsp3) is 0.407. The van der Waals surface area contributed by atoms with E-state index in [0.717, 1.165) is 9.87 Å². The van der Waals surface area contributed by atoms with E-state index in [0.29, 0.717) is 30.8 Å². The molecule has 1 amide bonds. The SMILES string of the molecule is COC(=O)c1ccc([C@@H]2C=C(C(=O)N3CC3)O[C@H](OCCN(CCO)S(=O)(=O)c3ccc(OC)cc3)C2)cc1. The van der Waals surface area contributed by atoms with E-state index in [1.165, 1.54) is 26.4 Å². The highest BCUT2D eigenvalue weighted by molar-refractivity contribution is 7.89. The number of aliphatic hydroxyl groups excluding tert-OH is 1. The van der Waals surface area contributed by atoms with Crippen LogP contribution in [-0.4, -0.2) is 94.5 Å². The minimum atomic E-state index is -3.90. The third-order valence-corrected chi connectivity index (χ3v) is 8.37. The summed E-state index contributed by atoms with van der Waals surface area (Å²) in [6.45, 7) is 0.768. The zero-order valence-electron chi connectivity index (χ0n) is 21.8. The third-order valence-electron chi connectivity index (χ3n) is 6.45. The highest BCUT2D eigenvalue weighted by Crippen LogP contribution is 2.33. The van der Waals surface area contributed by atoms with E-state index in [2.05, 4.69) is 0 Å². The molecule has 1 fully saturated rings. The number of carbonyl (C=O) groups excluding carboxylic acids is 2. The van der Waals surface area contributed by atoms with Crippen molar-refractivity contribution in [2.45, 2.75) is 23.5 Å². The molecule has 2 aromatic rings. The summed E-state index contributed by atoms with van der Waals surface area (Å²) in [5.41, 5.74) is 1.27. The first-order valence-corrected chi connectivity index (χ1v) is 13.9. The van der Waals surface area contributed by atoms with Gasteiger partial charge in [0, 0.05) is 38.5 Å². The Morgan fingerprint density at radius 2 is 1.74 bits per heavy atom. The molecular formula is C27H32N2O9S. The van der Waals surface area contributed by atoms with Gasteiger partial charge in [-0.2, -0.15) is 4.31 Å². The molecule has 11 nitrogen and oxygen atoms in total. The second-order valence-electron chi connectivity index (χ2n) is 9.00. The number of carbonyl (C=O) groups is 2. The van der Waals surface area contributed by atoms with Crippen molar-refractivity contribution in [2.75, 3.05) is 53.6 Å². The maximum Gasteiger partial charge on any atom is 0.337 e. The summed E-state index contributed by atoms with van der Waals surface area (Å²) in [7, 11) is -1.09. The lowest BCUT2D eigenvalue weighted by molar-refractivity contribution is -0.149. The number of sulfonamides is 1. The van der Waals surface area contributed by atoms with E-state index in [9.17, 15) is 23.1 Å². The Kier molecular flexibility index (Phi) is 9.23. The van der Waals surface area contributed by atoms with Crippen LogP contribution in [0, 0.1) is 0 Å². The van der Waals surface area contributed by atoms with E-state index in [-0.39, 0.29) is 48.8 Å². The van der Waals surface area contributed by atoms with Crippen LogP contribution in [0.2, 0.25) is 0 Å². The van der Waals surface area contributed by atoms with Crippen LogP contribution in [0.3, 0.4) is 0 Å². The summed E-state index contributed by atoms with van der Waals surface area (Å²) in [4.78, 5) is 26.3. The normalized spacial score (nSPS) is 18.8. The lowest BCUT2D eigenvalue weighted by Crippen LogP contribution is -2.37. The highest BCUT2D eigenvalue weighted by Gasteiger charge is 2.35. The third kappa shape index (κ3) is 6.95. The van der Waals surface area contributed by atoms with Crippen molar-refractivity contribution in [1.29, 1.82) is 0 Å². The number of allylic oxidation sites excluding steroid dienone is 1. The first-order chi connectivity index (χ1) is 18.8. The Bertz CT molecular complexity index is 1290. The van der Waals surface area contributed by atoms with Gasteiger partial charge in [-0.1, -0.05) is 12.1 Å². The second-order valence-corrected chi connectivity index (χ2v) is 10.9. The average Bonchev–Trinajstić information content (AvgIpc) is 3.81. The molecule has 2 aromatic carbocycles. The maximum absolute atomic E-state index is 13.2. The summed E-state index contributed by atoms with van der Waals surface area (Å²) in [6, 6.07) is 12.9. The summed E-state index contributed by atoms with van der Waals surface area (Å²) in [6.07, 6.45) is 1.32. The van der Waals surface area contributed by atoms with Gasteiger partial charge in [-0.05, 0) is 48.0 Å². The monoisotopic (exact) mass is 560 g/mol. The standard InChI is InChI=1S/C27H32N2O9S/c1-35-22-7-9-23(10-8-22)39(33,34)29(13-15-30)14-16-37-25-18-21(17-24(38-25)26(31)28-11-12-28)19-3-5-20(6-4-19)27(32)36-2/h3-10,17,21,25,30H,11-16,18H2,1-2H3/t21-,25+/m1/s1. The van der Waals surface area contributed by atoms with Crippen LogP contribution >= 0.6 is 0 Å². The van der Waals surface area contributed by atoms with Crippen LogP contribution in [0.5, 0.6) is 5.75 Å². The van der Waals surface area contributed by atoms with Crippen LogP contribution in [0.1, 0.15) is 28.3 Å². The molecule has 39 heavy (non-hydrogen) atoms. The zero-order chi connectivity index (χ0) is 28.0. The number of amides is 1. The second kappa shape index (κ2) is 12.6. The van der Waals surface area contributed by atoms with E-state index >= 15 is 0 Å². The Balaban J connectivity index is 1.45. The van der Waals surface area contributed by atoms with Crippen molar-refractivity contribution >= 4 is 21.9 Å². The van der Waals surface area contributed by atoms with Crippen LogP contribution in [0.25, 0.3) is 0 Å². The van der Waals surface area contributed by atoms with Gasteiger partial charge in [-0.15, -0.1) is 0 Å². The molecule has 0 bridgehead atoms. The predicted molar refractivity (Wildman–Crippen MR) is 139 cm³/mol. The number of esters is 1. The quantitative estimate of drug-likeness (QED) is 0.305. The molecule has 2 atom stereocenters. The molecule has 0 aliphatic carbocycles. The lowest BCUT2D eigenvalue weighted by atomic mass is 9.92. The molecule has 2 aliphatic heterocycles. The van der Waals surface area contributed by atoms with E-state index < -0.39 is 22.3 Å². The van der Waals surface area contributed by atoms with Gasteiger partial charge >= 0.3 is 5.97 Å². The van der Waals surface area contributed by atoms with Crippen LogP contribution in [0.4, 0.5) is 0 Å². The van der Waals surface area contributed by atoms with Crippen molar-refractivity contribution in [3.63, 3.8) is 0 Å². The number of hydrogen-bond donors (Lipinski definition) is 1. The number of nitrogens with zero attached hydrogens (tertiary/aromatic N) is 2. The number of rotatable bonds is 12. The van der Waals surface area contributed by atoms with Crippen molar-refractivity contribution in [2.24, 2.45) is 0 Å². The number of benzene rings is 2. The van der Waals surface area contributed by atoms with Gasteiger partial charge in [0.25, 0.3) is 5.91 Å². The van der Waals surface area contributed by atoms with Gasteiger partial charge in [0.05, 0.1) is 37.9 Å². The molecule has 1 saturated heterocycles. The molecule has 0 spiro atoms. The van der Waals surface area contributed by atoms with E-state index in [4.69, 9.17) is 18.9 Å². The number of hydrogen-bond acceptors (Lipinski definition) is 9. The Labute approximate surface area is 227 Å². The molecule has 12 heteroatoms. The smallest absolute Gasteiger partial charge is 0.337 e. The Hall–Kier alpha value is -3.45. The van der Waals surface area contributed by atoms with Crippen LogP contribution in [-0.2, 0) is 29.0 Å². The molecule has 210 valence electrons.